The van der Waals surface area contributed by atoms with Crippen molar-refractivity contribution >= 4 is 28.7 Å². The second-order valence-electron chi connectivity index (χ2n) is 3.66. The first kappa shape index (κ1) is 12.2. The number of benzene rings is 2. The molecular formula is C13H9ClFN3. The predicted octanol–water partition coefficient (Wildman–Crippen LogP) is 3.68. The number of halogens is 2. The maximum Gasteiger partial charge on any atom is 0.125 e. The van der Waals surface area contributed by atoms with Gasteiger partial charge >= 0.3 is 0 Å². The summed E-state index contributed by atoms with van der Waals surface area (Å²) in [5.74, 6) is -0.392. The highest BCUT2D eigenvalue weighted by Gasteiger charge is 2.05. The molecule has 0 aliphatic heterocycles. The van der Waals surface area contributed by atoms with E-state index < -0.39 is 5.82 Å². The number of nitrogen functional groups attached to an aromatic ring is 1. The van der Waals surface area contributed by atoms with Crippen LogP contribution in [0.5, 0.6) is 0 Å². The molecule has 3 N–H and O–H groups in total. The van der Waals surface area contributed by atoms with Crippen LogP contribution in [0.4, 0.5) is 21.5 Å². The Labute approximate surface area is 109 Å². The van der Waals surface area contributed by atoms with Crippen molar-refractivity contribution < 1.29 is 4.39 Å². The summed E-state index contributed by atoms with van der Waals surface area (Å²) in [4.78, 5) is 0. The van der Waals surface area contributed by atoms with Crippen molar-refractivity contribution in [2.75, 3.05) is 11.1 Å². The Balaban J connectivity index is 2.34. The molecule has 0 aliphatic carbocycles. The predicted molar refractivity (Wildman–Crippen MR) is 70.3 cm³/mol. The van der Waals surface area contributed by atoms with Crippen LogP contribution < -0.4 is 11.1 Å². The fraction of sp³-hybridized carbons (Fsp3) is 0. The Hall–Kier alpha value is -2.25. The zero-order valence-corrected chi connectivity index (χ0v) is 10.0. The highest BCUT2D eigenvalue weighted by atomic mass is 35.5. The minimum atomic E-state index is -0.392. The third-order valence-corrected chi connectivity index (χ3v) is 2.70. The number of nitriles is 1. The summed E-state index contributed by atoms with van der Waals surface area (Å²) in [5, 5.41) is 12.0. The highest BCUT2D eigenvalue weighted by Crippen LogP contribution is 2.29. The molecule has 0 saturated carbocycles. The molecule has 0 fully saturated rings. The van der Waals surface area contributed by atoms with Crippen molar-refractivity contribution in [1.82, 2.24) is 0 Å². The molecule has 0 unspecified atom stereocenters. The van der Waals surface area contributed by atoms with E-state index in [9.17, 15) is 4.39 Å². The minimum absolute atomic E-state index is 0.373. The van der Waals surface area contributed by atoms with Gasteiger partial charge in [-0.25, -0.2) is 4.39 Å². The van der Waals surface area contributed by atoms with Gasteiger partial charge in [-0.1, -0.05) is 11.6 Å². The minimum Gasteiger partial charge on any atom is -0.397 e. The highest BCUT2D eigenvalue weighted by molar-refractivity contribution is 6.33. The molecular weight excluding hydrogens is 253 g/mol. The van der Waals surface area contributed by atoms with Crippen molar-refractivity contribution in [3.8, 4) is 6.07 Å². The van der Waals surface area contributed by atoms with E-state index in [0.29, 0.717) is 27.6 Å². The molecule has 0 amide bonds. The Morgan fingerprint density at radius 2 is 1.94 bits per heavy atom. The first-order valence-corrected chi connectivity index (χ1v) is 5.49. The molecule has 0 radical (unpaired) electrons. The second kappa shape index (κ2) is 4.94. The SMILES string of the molecule is N#Cc1ccc(Nc2cc(F)ccc2N)c(Cl)c1. The second-order valence-corrected chi connectivity index (χ2v) is 4.07. The number of hydrogen-bond acceptors (Lipinski definition) is 3. The topological polar surface area (TPSA) is 61.8 Å². The summed E-state index contributed by atoms with van der Waals surface area (Å²) in [6.45, 7) is 0. The summed E-state index contributed by atoms with van der Waals surface area (Å²) in [6, 6.07) is 10.8. The molecule has 0 atom stereocenters. The largest absolute Gasteiger partial charge is 0.397 e. The molecule has 3 nitrogen and oxygen atoms in total. The Morgan fingerprint density at radius 1 is 1.17 bits per heavy atom. The van der Waals surface area contributed by atoms with Crippen LogP contribution in [-0.2, 0) is 0 Å². The lowest BCUT2D eigenvalue weighted by Crippen LogP contribution is -1.97. The fourth-order valence-electron chi connectivity index (χ4n) is 1.47. The van der Waals surface area contributed by atoms with Gasteiger partial charge in [-0.05, 0) is 36.4 Å². The van der Waals surface area contributed by atoms with Gasteiger partial charge in [0.05, 0.1) is 33.7 Å². The summed E-state index contributed by atoms with van der Waals surface area (Å²) in [6.07, 6.45) is 0. The van der Waals surface area contributed by atoms with E-state index in [-0.39, 0.29) is 0 Å². The average Bonchev–Trinajstić information content (AvgIpc) is 2.36. The molecule has 0 aliphatic rings. The molecule has 0 heterocycles. The lowest BCUT2D eigenvalue weighted by atomic mass is 10.2. The molecule has 0 aromatic heterocycles. The van der Waals surface area contributed by atoms with Gasteiger partial charge in [0.25, 0.3) is 0 Å². The van der Waals surface area contributed by atoms with Crippen LogP contribution in [0.25, 0.3) is 0 Å². The third kappa shape index (κ3) is 2.53. The number of nitrogens with one attached hydrogen (secondary N) is 1. The molecule has 18 heavy (non-hydrogen) atoms. The molecule has 2 aromatic carbocycles. The van der Waals surface area contributed by atoms with Gasteiger partial charge in [0.2, 0.25) is 0 Å². The quantitative estimate of drug-likeness (QED) is 0.811. The number of anilines is 3. The lowest BCUT2D eigenvalue weighted by molar-refractivity contribution is 0.628. The summed E-state index contributed by atoms with van der Waals surface area (Å²) in [7, 11) is 0. The van der Waals surface area contributed by atoms with E-state index in [1.165, 1.54) is 24.3 Å². The Bertz CT molecular complexity index is 635. The lowest BCUT2D eigenvalue weighted by Gasteiger charge is -2.11. The molecule has 0 spiro atoms. The molecule has 2 aromatic rings. The number of rotatable bonds is 2. The van der Waals surface area contributed by atoms with Gasteiger partial charge in [0.15, 0.2) is 0 Å². The van der Waals surface area contributed by atoms with Crippen LogP contribution in [0.15, 0.2) is 36.4 Å². The molecule has 90 valence electrons. The van der Waals surface area contributed by atoms with Crippen LogP contribution in [0, 0.1) is 17.1 Å². The number of hydrogen-bond donors (Lipinski definition) is 2. The number of nitrogens with zero attached hydrogens (tertiary/aromatic N) is 1. The van der Waals surface area contributed by atoms with E-state index in [1.807, 2.05) is 6.07 Å². The molecule has 2 rings (SSSR count). The summed E-state index contributed by atoms with van der Waals surface area (Å²) >= 11 is 6.00. The van der Waals surface area contributed by atoms with Gasteiger partial charge in [-0.15, -0.1) is 0 Å². The normalized spacial score (nSPS) is 9.83. The van der Waals surface area contributed by atoms with E-state index in [4.69, 9.17) is 22.6 Å². The van der Waals surface area contributed by atoms with Gasteiger partial charge < -0.3 is 11.1 Å². The maximum absolute atomic E-state index is 13.1. The van der Waals surface area contributed by atoms with Crippen LogP contribution in [0.3, 0.4) is 0 Å². The van der Waals surface area contributed by atoms with E-state index in [2.05, 4.69) is 5.32 Å². The van der Waals surface area contributed by atoms with Gasteiger partial charge in [0.1, 0.15) is 5.82 Å². The van der Waals surface area contributed by atoms with Crippen molar-refractivity contribution in [2.24, 2.45) is 0 Å². The third-order valence-electron chi connectivity index (χ3n) is 2.38. The summed E-state index contributed by atoms with van der Waals surface area (Å²) in [5.41, 5.74) is 7.58. The Kier molecular flexibility index (Phi) is 3.35. The smallest absolute Gasteiger partial charge is 0.125 e. The van der Waals surface area contributed by atoms with Crippen LogP contribution in [0.2, 0.25) is 5.02 Å². The molecule has 5 heteroatoms. The van der Waals surface area contributed by atoms with Gasteiger partial charge in [-0.2, -0.15) is 5.26 Å². The average molecular weight is 262 g/mol. The van der Waals surface area contributed by atoms with Crippen LogP contribution in [0.1, 0.15) is 5.56 Å². The van der Waals surface area contributed by atoms with Crippen LogP contribution >= 0.6 is 11.6 Å². The number of nitrogens with two attached hydrogens (primary N) is 1. The zero-order chi connectivity index (χ0) is 13.1. The summed E-state index contributed by atoms with van der Waals surface area (Å²) < 4.78 is 13.1. The van der Waals surface area contributed by atoms with Crippen molar-refractivity contribution in [1.29, 1.82) is 5.26 Å². The monoisotopic (exact) mass is 261 g/mol. The van der Waals surface area contributed by atoms with Crippen molar-refractivity contribution in [3.63, 3.8) is 0 Å². The zero-order valence-electron chi connectivity index (χ0n) is 9.24. The van der Waals surface area contributed by atoms with Crippen molar-refractivity contribution in [3.05, 3.63) is 52.8 Å². The first-order valence-electron chi connectivity index (χ1n) is 5.12. The first-order chi connectivity index (χ1) is 8.60. The van der Waals surface area contributed by atoms with E-state index >= 15 is 0 Å². The van der Waals surface area contributed by atoms with Gasteiger partial charge in [0, 0.05) is 0 Å². The Morgan fingerprint density at radius 3 is 2.61 bits per heavy atom. The fourth-order valence-corrected chi connectivity index (χ4v) is 1.70. The van der Waals surface area contributed by atoms with Gasteiger partial charge in [-0.3, -0.25) is 0 Å². The molecule has 0 bridgehead atoms. The van der Waals surface area contributed by atoms with E-state index in [0.717, 1.165) is 0 Å². The standard InChI is InChI=1S/C13H9ClFN3/c14-10-5-8(7-16)1-4-12(10)18-13-6-9(15)2-3-11(13)17/h1-6,18H,17H2. The van der Waals surface area contributed by atoms with Crippen LogP contribution in [-0.4, -0.2) is 0 Å². The maximum atomic E-state index is 13.1. The molecule has 0 saturated heterocycles. The van der Waals surface area contributed by atoms with Crippen molar-refractivity contribution in [2.45, 2.75) is 0 Å². The van der Waals surface area contributed by atoms with E-state index in [1.54, 1.807) is 12.1 Å².